The van der Waals surface area contributed by atoms with E-state index in [2.05, 4.69) is 5.32 Å². The summed E-state index contributed by atoms with van der Waals surface area (Å²) in [6, 6.07) is 6.74. The molecule has 1 fully saturated rings. The zero-order valence-corrected chi connectivity index (χ0v) is 12.6. The van der Waals surface area contributed by atoms with E-state index in [1.54, 1.807) is 24.3 Å². The molecule has 0 aromatic heterocycles. The summed E-state index contributed by atoms with van der Waals surface area (Å²) in [5.74, 6) is -0.0810. The Balaban J connectivity index is 1.90. The van der Waals surface area contributed by atoms with Crippen LogP contribution < -0.4 is 5.32 Å². The summed E-state index contributed by atoms with van der Waals surface area (Å²) in [6.45, 7) is 2.38. The lowest BCUT2D eigenvalue weighted by Crippen LogP contribution is -2.43. The van der Waals surface area contributed by atoms with Gasteiger partial charge in [-0.1, -0.05) is 12.1 Å². The molecule has 1 N–H and O–H groups in total. The highest BCUT2D eigenvalue weighted by atomic mass is 32.2. The molecule has 0 aliphatic carbocycles. The Morgan fingerprint density at radius 1 is 1.24 bits per heavy atom. The van der Waals surface area contributed by atoms with Crippen molar-refractivity contribution in [1.82, 2.24) is 4.90 Å². The number of nitrogens with one attached hydrogen (secondary N) is 1. The Morgan fingerprint density at radius 2 is 1.90 bits per heavy atom. The molecule has 0 bridgehead atoms. The van der Waals surface area contributed by atoms with E-state index in [-0.39, 0.29) is 29.7 Å². The first-order chi connectivity index (χ1) is 9.85. The molecule has 6 nitrogen and oxygen atoms in total. The van der Waals surface area contributed by atoms with Crippen LogP contribution in [0.1, 0.15) is 17.3 Å². The third kappa shape index (κ3) is 4.64. The number of sulfone groups is 1. The highest BCUT2D eigenvalue weighted by molar-refractivity contribution is 7.91. The van der Waals surface area contributed by atoms with E-state index in [1.165, 1.54) is 6.92 Å². The summed E-state index contributed by atoms with van der Waals surface area (Å²) in [7, 11) is -2.94. The lowest BCUT2D eigenvalue weighted by molar-refractivity contribution is -0.117. The molecule has 0 spiro atoms. The number of hydrogen-bond donors (Lipinski definition) is 1. The molecule has 0 saturated carbocycles. The van der Waals surface area contributed by atoms with Gasteiger partial charge in [-0.2, -0.15) is 0 Å². The van der Waals surface area contributed by atoms with Gasteiger partial charge in [0.05, 0.1) is 18.1 Å². The lowest BCUT2D eigenvalue weighted by atomic mass is 10.1. The number of Topliss-reactive ketones (excluding diaryl/α,β-unsaturated/α-hetero) is 1. The van der Waals surface area contributed by atoms with Crippen molar-refractivity contribution in [1.29, 1.82) is 0 Å². The maximum absolute atomic E-state index is 11.9. The fraction of sp³-hybridized carbons (Fsp3) is 0.429. The van der Waals surface area contributed by atoms with E-state index in [1.807, 2.05) is 4.90 Å². The average molecular weight is 310 g/mol. The van der Waals surface area contributed by atoms with Crippen LogP contribution in [0.5, 0.6) is 0 Å². The number of hydrogen-bond acceptors (Lipinski definition) is 5. The fourth-order valence-electron chi connectivity index (χ4n) is 2.13. The summed E-state index contributed by atoms with van der Waals surface area (Å²) in [5, 5.41) is 2.72. The Kier molecular flexibility index (Phi) is 4.74. The first-order valence-electron chi connectivity index (χ1n) is 6.69. The first kappa shape index (κ1) is 15.7. The lowest BCUT2D eigenvalue weighted by Gasteiger charge is -2.25. The molecule has 0 radical (unpaired) electrons. The molecule has 1 saturated heterocycles. The molecule has 0 atom stereocenters. The van der Waals surface area contributed by atoms with Crippen LogP contribution in [0.15, 0.2) is 24.3 Å². The molecule has 1 aromatic rings. The van der Waals surface area contributed by atoms with Crippen molar-refractivity contribution in [3.8, 4) is 0 Å². The van der Waals surface area contributed by atoms with Crippen molar-refractivity contribution in [2.24, 2.45) is 0 Å². The number of carbonyl (C=O) groups is 2. The summed E-state index contributed by atoms with van der Waals surface area (Å²) in [5.41, 5.74) is 1.11. The predicted octanol–water partition coefficient (Wildman–Crippen LogP) is 0.558. The monoisotopic (exact) mass is 310 g/mol. The van der Waals surface area contributed by atoms with Gasteiger partial charge in [0.1, 0.15) is 0 Å². The van der Waals surface area contributed by atoms with Gasteiger partial charge in [-0.25, -0.2) is 8.42 Å². The molecule has 1 heterocycles. The minimum absolute atomic E-state index is 0.0627. The summed E-state index contributed by atoms with van der Waals surface area (Å²) >= 11 is 0. The number of anilines is 1. The standard InChI is InChI=1S/C14H18N2O4S/c1-11(17)12-3-2-4-13(9-12)15-14(18)10-16-5-7-21(19,20)8-6-16/h2-4,9H,5-8,10H2,1H3,(H,15,18). The summed E-state index contributed by atoms with van der Waals surface area (Å²) in [4.78, 5) is 25.0. The highest BCUT2D eigenvalue weighted by Gasteiger charge is 2.22. The first-order valence-corrected chi connectivity index (χ1v) is 8.51. The van der Waals surface area contributed by atoms with Crippen LogP contribution in [-0.2, 0) is 14.6 Å². The van der Waals surface area contributed by atoms with Crippen LogP contribution in [-0.4, -0.2) is 56.1 Å². The Labute approximate surface area is 124 Å². The molecule has 1 aliphatic heterocycles. The number of carbonyl (C=O) groups excluding carboxylic acids is 2. The predicted molar refractivity (Wildman–Crippen MR) is 80.2 cm³/mol. The van der Waals surface area contributed by atoms with E-state index >= 15 is 0 Å². The highest BCUT2D eigenvalue weighted by Crippen LogP contribution is 2.11. The van der Waals surface area contributed by atoms with Gasteiger partial charge in [0.2, 0.25) is 5.91 Å². The number of nitrogens with zero attached hydrogens (tertiary/aromatic N) is 1. The van der Waals surface area contributed by atoms with Gasteiger partial charge in [-0.15, -0.1) is 0 Å². The van der Waals surface area contributed by atoms with Crippen LogP contribution in [0.25, 0.3) is 0 Å². The van der Waals surface area contributed by atoms with Crippen molar-refractivity contribution in [3.63, 3.8) is 0 Å². The molecule has 114 valence electrons. The number of amides is 1. The van der Waals surface area contributed by atoms with Gasteiger partial charge in [0.25, 0.3) is 0 Å². The van der Waals surface area contributed by atoms with E-state index < -0.39 is 9.84 Å². The topological polar surface area (TPSA) is 83.6 Å². The van der Waals surface area contributed by atoms with Crippen LogP contribution in [0.4, 0.5) is 5.69 Å². The third-order valence-electron chi connectivity index (χ3n) is 3.36. The number of rotatable bonds is 4. The molecule has 7 heteroatoms. The van der Waals surface area contributed by atoms with Crippen LogP contribution in [0, 0.1) is 0 Å². The van der Waals surface area contributed by atoms with Crippen molar-refractivity contribution in [3.05, 3.63) is 29.8 Å². The van der Waals surface area contributed by atoms with Crippen molar-refractivity contribution >= 4 is 27.2 Å². The molecule has 0 unspecified atom stereocenters. The van der Waals surface area contributed by atoms with E-state index in [9.17, 15) is 18.0 Å². The fourth-order valence-corrected chi connectivity index (χ4v) is 3.40. The van der Waals surface area contributed by atoms with Gasteiger partial charge in [0.15, 0.2) is 15.6 Å². The molecule has 1 amide bonds. The zero-order chi connectivity index (χ0) is 15.5. The van der Waals surface area contributed by atoms with Crippen molar-refractivity contribution in [2.45, 2.75) is 6.92 Å². The normalized spacial score (nSPS) is 18.1. The Bertz CT molecular complexity index is 641. The van der Waals surface area contributed by atoms with E-state index in [0.29, 0.717) is 24.3 Å². The van der Waals surface area contributed by atoms with Crippen LogP contribution in [0.2, 0.25) is 0 Å². The van der Waals surface area contributed by atoms with Crippen LogP contribution >= 0.6 is 0 Å². The van der Waals surface area contributed by atoms with E-state index in [0.717, 1.165) is 0 Å². The molecule has 1 aliphatic rings. The Hall–Kier alpha value is -1.73. The van der Waals surface area contributed by atoms with Crippen LogP contribution in [0.3, 0.4) is 0 Å². The Morgan fingerprint density at radius 3 is 2.52 bits per heavy atom. The van der Waals surface area contributed by atoms with Crippen molar-refractivity contribution in [2.75, 3.05) is 36.5 Å². The summed E-state index contributed by atoms with van der Waals surface area (Å²) < 4.78 is 22.6. The SMILES string of the molecule is CC(=O)c1cccc(NC(=O)CN2CCS(=O)(=O)CC2)c1. The minimum Gasteiger partial charge on any atom is -0.325 e. The number of ketones is 1. The van der Waals surface area contributed by atoms with Gasteiger partial charge < -0.3 is 5.32 Å². The second kappa shape index (κ2) is 6.36. The third-order valence-corrected chi connectivity index (χ3v) is 4.97. The number of benzene rings is 1. The molecule has 2 rings (SSSR count). The molecule has 21 heavy (non-hydrogen) atoms. The van der Waals surface area contributed by atoms with Gasteiger partial charge in [-0.3, -0.25) is 14.5 Å². The summed E-state index contributed by atoms with van der Waals surface area (Å²) in [6.07, 6.45) is 0. The molecule has 1 aromatic carbocycles. The maximum Gasteiger partial charge on any atom is 0.238 e. The maximum atomic E-state index is 11.9. The van der Waals surface area contributed by atoms with Gasteiger partial charge in [-0.05, 0) is 19.1 Å². The minimum atomic E-state index is -2.94. The van der Waals surface area contributed by atoms with Crippen molar-refractivity contribution < 1.29 is 18.0 Å². The van der Waals surface area contributed by atoms with Gasteiger partial charge in [0, 0.05) is 24.3 Å². The molecular formula is C14H18N2O4S. The largest absolute Gasteiger partial charge is 0.325 e. The smallest absolute Gasteiger partial charge is 0.238 e. The average Bonchev–Trinajstić information content (AvgIpc) is 2.41. The quantitative estimate of drug-likeness (QED) is 0.822. The van der Waals surface area contributed by atoms with E-state index in [4.69, 9.17) is 0 Å². The second-order valence-corrected chi connectivity index (χ2v) is 7.42. The van der Waals surface area contributed by atoms with Gasteiger partial charge >= 0.3 is 0 Å². The molecular weight excluding hydrogens is 292 g/mol. The second-order valence-electron chi connectivity index (χ2n) is 5.11. The zero-order valence-electron chi connectivity index (χ0n) is 11.8.